The lowest BCUT2D eigenvalue weighted by atomic mass is 10.1. The zero-order valence-electron chi connectivity index (χ0n) is 14.7. The van der Waals surface area contributed by atoms with Gasteiger partial charge >= 0.3 is 0 Å². The van der Waals surface area contributed by atoms with E-state index in [2.05, 4.69) is 20.9 Å². The second kappa shape index (κ2) is 12.1. The Kier molecular flexibility index (Phi) is 11.4. The Balaban J connectivity index is 0.00000288. The lowest BCUT2D eigenvalue weighted by Crippen LogP contribution is -2.45. The largest absolute Gasteiger partial charge is 0.355 e. The zero-order valence-corrected chi connectivity index (χ0v) is 16.3. The first kappa shape index (κ1) is 23.7. The van der Waals surface area contributed by atoms with Gasteiger partial charge in [-0.25, -0.2) is 0 Å². The van der Waals surface area contributed by atoms with Crippen molar-refractivity contribution in [3.8, 4) is 0 Å². The Morgan fingerprint density at radius 3 is 2.56 bits per heavy atom. The SMILES string of the molecule is CNC(=O)c1cccc(CNC(=O)CN(C)C2CCNCC2)c1.Cl.Cl. The molecule has 0 unspecified atom stereocenters. The molecule has 25 heavy (non-hydrogen) atoms. The number of amides is 2. The maximum atomic E-state index is 12.1. The second-order valence-electron chi connectivity index (χ2n) is 5.95. The molecule has 0 spiro atoms. The number of carbonyl (C=O) groups is 2. The summed E-state index contributed by atoms with van der Waals surface area (Å²) in [5.74, 6) is -0.111. The van der Waals surface area contributed by atoms with Crippen molar-refractivity contribution in [3.05, 3.63) is 35.4 Å². The van der Waals surface area contributed by atoms with E-state index >= 15 is 0 Å². The average Bonchev–Trinajstić information content (AvgIpc) is 2.60. The lowest BCUT2D eigenvalue weighted by Gasteiger charge is -2.31. The van der Waals surface area contributed by atoms with Crippen LogP contribution in [0, 0.1) is 0 Å². The van der Waals surface area contributed by atoms with Gasteiger partial charge in [-0.2, -0.15) is 0 Å². The highest BCUT2D eigenvalue weighted by molar-refractivity contribution is 5.94. The Hall–Kier alpha value is -1.34. The molecule has 6 nitrogen and oxygen atoms in total. The maximum absolute atomic E-state index is 12.1. The maximum Gasteiger partial charge on any atom is 0.251 e. The third kappa shape index (κ3) is 7.61. The van der Waals surface area contributed by atoms with E-state index in [4.69, 9.17) is 0 Å². The second-order valence-corrected chi connectivity index (χ2v) is 5.95. The van der Waals surface area contributed by atoms with Crippen LogP contribution in [0.4, 0.5) is 0 Å². The van der Waals surface area contributed by atoms with Gasteiger partial charge in [0.1, 0.15) is 0 Å². The van der Waals surface area contributed by atoms with E-state index in [0.29, 0.717) is 24.7 Å². The molecule has 1 heterocycles. The molecule has 0 bridgehead atoms. The standard InChI is InChI=1S/C17H26N4O2.2ClH/c1-18-17(23)14-5-3-4-13(10-14)11-20-16(22)12-21(2)15-6-8-19-9-7-15;;/h3-5,10,15,19H,6-9,11-12H2,1-2H3,(H,18,23)(H,20,22);2*1H. The highest BCUT2D eigenvalue weighted by atomic mass is 35.5. The predicted molar refractivity (Wildman–Crippen MR) is 105 cm³/mol. The van der Waals surface area contributed by atoms with Crippen LogP contribution >= 0.6 is 24.8 Å². The number of nitrogens with zero attached hydrogens (tertiary/aromatic N) is 1. The van der Waals surface area contributed by atoms with E-state index in [1.807, 2.05) is 19.2 Å². The first-order valence-electron chi connectivity index (χ1n) is 8.09. The fraction of sp³-hybridized carbons (Fsp3) is 0.529. The van der Waals surface area contributed by atoms with Gasteiger partial charge in [-0.15, -0.1) is 24.8 Å². The Morgan fingerprint density at radius 1 is 1.24 bits per heavy atom. The van der Waals surface area contributed by atoms with Crippen molar-refractivity contribution < 1.29 is 9.59 Å². The quantitative estimate of drug-likeness (QED) is 0.681. The molecule has 8 heteroatoms. The summed E-state index contributed by atoms with van der Waals surface area (Å²) in [6.07, 6.45) is 2.16. The van der Waals surface area contributed by atoms with Crippen LogP contribution in [0.15, 0.2) is 24.3 Å². The van der Waals surface area contributed by atoms with Crippen molar-refractivity contribution in [1.29, 1.82) is 0 Å². The van der Waals surface area contributed by atoms with Gasteiger partial charge in [0.2, 0.25) is 5.91 Å². The molecule has 0 aromatic heterocycles. The van der Waals surface area contributed by atoms with Crippen LogP contribution in [0.3, 0.4) is 0 Å². The van der Waals surface area contributed by atoms with Gasteiger partial charge in [0, 0.05) is 25.2 Å². The molecular weight excluding hydrogens is 363 g/mol. The number of benzene rings is 1. The van der Waals surface area contributed by atoms with Crippen LogP contribution in [-0.4, -0.2) is 56.5 Å². The van der Waals surface area contributed by atoms with Gasteiger partial charge in [-0.05, 0) is 50.7 Å². The van der Waals surface area contributed by atoms with Crippen LogP contribution in [0.2, 0.25) is 0 Å². The number of piperidine rings is 1. The van der Waals surface area contributed by atoms with Crippen LogP contribution in [0.25, 0.3) is 0 Å². The van der Waals surface area contributed by atoms with Crippen molar-refractivity contribution in [3.63, 3.8) is 0 Å². The van der Waals surface area contributed by atoms with E-state index in [0.717, 1.165) is 31.5 Å². The molecule has 0 saturated carbocycles. The highest BCUT2D eigenvalue weighted by Crippen LogP contribution is 2.09. The number of hydrogen-bond donors (Lipinski definition) is 3. The number of nitrogens with one attached hydrogen (secondary N) is 3. The molecule has 1 aliphatic rings. The summed E-state index contributed by atoms with van der Waals surface area (Å²) >= 11 is 0. The first-order valence-corrected chi connectivity index (χ1v) is 8.09. The van der Waals surface area contributed by atoms with Crippen molar-refractivity contribution in [2.24, 2.45) is 0 Å². The van der Waals surface area contributed by atoms with E-state index in [1.165, 1.54) is 0 Å². The molecule has 3 N–H and O–H groups in total. The number of hydrogen-bond acceptors (Lipinski definition) is 4. The van der Waals surface area contributed by atoms with Crippen molar-refractivity contribution in [2.45, 2.75) is 25.4 Å². The Bertz CT molecular complexity index is 551. The summed E-state index contributed by atoms with van der Waals surface area (Å²) in [5.41, 5.74) is 1.52. The van der Waals surface area contributed by atoms with Crippen molar-refractivity contribution >= 4 is 36.6 Å². The number of halogens is 2. The molecular formula is C17H28Cl2N4O2. The van der Waals surface area contributed by atoms with Gasteiger partial charge in [0.05, 0.1) is 6.54 Å². The molecule has 1 aromatic rings. The van der Waals surface area contributed by atoms with Crippen LogP contribution < -0.4 is 16.0 Å². The predicted octanol–water partition coefficient (Wildman–Crippen LogP) is 1.19. The van der Waals surface area contributed by atoms with E-state index in [1.54, 1.807) is 19.2 Å². The average molecular weight is 391 g/mol. The lowest BCUT2D eigenvalue weighted by molar-refractivity contribution is -0.122. The Morgan fingerprint density at radius 2 is 1.92 bits per heavy atom. The monoisotopic (exact) mass is 390 g/mol. The van der Waals surface area contributed by atoms with E-state index in [9.17, 15) is 9.59 Å². The van der Waals surface area contributed by atoms with Crippen molar-refractivity contribution in [2.75, 3.05) is 33.7 Å². The Labute approximate surface area is 161 Å². The van der Waals surface area contributed by atoms with Crippen LogP contribution in [-0.2, 0) is 11.3 Å². The summed E-state index contributed by atoms with van der Waals surface area (Å²) in [5, 5.41) is 8.85. The molecule has 1 fully saturated rings. The molecule has 2 rings (SSSR count). The summed E-state index contributed by atoms with van der Waals surface area (Å²) in [4.78, 5) is 25.8. The summed E-state index contributed by atoms with van der Waals surface area (Å²) < 4.78 is 0. The molecule has 0 aliphatic carbocycles. The summed E-state index contributed by atoms with van der Waals surface area (Å²) in [7, 11) is 3.61. The molecule has 142 valence electrons. The van der Waals surface area contributed by atoms with Gasteiger partial charge in [-0.3, -0.25) is 14.5 Å². The van der Waals surface area contributed by atoms with E-state index in [-0.39, 0.29) is 36.6 Å². The molecule has 2 amide bonds. The highest BCUT2D eigenvalue weighted by Gasteiger charge is 2.19. The molecule has 1 saturated heterocycles. The number of likely N-dealkylation sites (N-methyl/N-ethyl adjacent to an activating group) is 1. The smallest absolute Gasteiger partial charge is 0.251 e. The normalized spacial score (nSPS) is 14.2. The third-order valence-corrected chi connectivity index (χ3v) is 4.23. The minimum Gasteiger partial charge on any atom is -0.355 e. The van der Waals surface area contributed by atoms with Gasteiger partial charge < -0.3 is 16.0 Å². The number of rotatable bonds is 6. The summed E-state index contributed by atoms with van der Waals surface area (Å²) in [6.45, 7) is 2.87. The first-order chi connectivity index (χ1) is 11.1. The minimum absolute atomic E-state index is 0. The van der Waals surface area contributed by atoms with Crippen LogP contribution in [0.5, 0.6) is 0 Å². The fourth-order valence-electron chi connectivity index (χ4n) is 2.83. The minimum atomic E-state index is -0.121. The van der Waals surface area contributed by atoms with Gasteiger partial charge in [0.15, 0.2) is 0 Å². The molecule has 1 aromatic carbocycles. The topological polar surface area (TPSA) is 73.5 Å². The zero-order chi connectivity index (χ0) is 16.7. The molecule has 0 atom stereocenters. The van der Waals surface area contributed by atoms with Gasteiger partial charge in [-0.1, -0.05) is 12.1 Å². The fourth-order valence-corrected chi connectivity index (χ4v) is 2.83. The third-order valence-electron chi connectivity index (χ3n) is 4.23. The van der Waals surface area contributed by atoms with Gasteiger partial charge in [0.25, 0.3) is 5.91 Å². The van der Waals surface area contributed by atoms with Crippen molar-refractivity contribution in [1.82, 2.24) is 20.9 Å². The molecule has 1 aliphatic heterocycles. The van der Waals surface area contributed by atoms with E-state index < -0.39 is 0 Å². The van der Waals surface area contributed by atoms with Crippen LogP contribution in [0.1, 0.15) is 28.8 Å². The molecule has 0 radical (unpaired) electrons. The number of carbonyl (C=O) groups excluding carboxylic acids is 2. The summed E-state index contributed by atoms with van der Waals surface area (Å²) in [6, 6.07) is 7.76.